The van der Waals surface area contributed by atoms with Crippen LogP contribution >= 0.6 is 0 Å². The van der Waals surface area contributed by atoms with Crippen LogP contribution < -0.4 is 5.32 Å². The van der Waals surface area contributed by atoms with E-state index in [1.54, 1.807) is 0 Å². The summed E-state index contributed by atoms with van der Waals surface area (Å²) in [6, 6.07) is -0.0434. The number of hydrogen-bond acceptors (Lipinski definition) is 6. The fourth-order valence-electron chi connectivity index (χ4n) is 2.43. The first-order valence-electron chi connectivity index (χ1n) is 7.47. The molecule has 7 heteroatoms. The summed E-state index contributed by atoms with van der Waals surface area (Å²) in [7, 11) is 0. The maximum absolute atomic E-state index is 5.62. The van der Waals surface area contributed by atoms with E-state index in [0.29, 0.717) is 12.0 Å². The summed E-state index contributed by atoms with van der Waals surface area (Å²) >= 11 is 0. The van der Waals surface area contributed by atoms with Gasteiger partial charge >= 0.3 is 0 Å². The van der Waals surface area contributed by atoms with Gasteiger partial charge in [0, 0.05) is 19.2 Å². The van der Waals surface area contributed by atoms with Crippen LogP contribution in [-0.2, 0) is 17.7 Å². The Bertz CT molecular complexity index is 573. The minimum atomic E-state index is -0.0434. The maximum atomic E-state index is 5.62. The summed E-state index contributed by atoms with van der Waals surface area (Å²) in [5, 5.41) is 11.6. The van der Waals surface area contributed by atoms with Crippen molar-refractivity contribution in [2.75, 3.05) is 11.9 Å². The van der Waals surface area contributed by atoms with Crippen molar-refractivity contribution in [2.45, 2.75) is 51.8 Å². The van der Waals surface area contributed by atoms with Gasteiger partial charge in [0.25, 0.3) is 0 Å². The molecule has 1 saturated heterocycles. The summed E-state index contributed by atoms with van der Waals surface area (Å²) in [4.78, 5) is 4.33. The molecule has 0 spiro atoms. The van der Waals surface area contributed by atoms with Gasteiger partial charge in [0.05, 0.1) is 24.5 Å². The van der Waals surface area contributed by atoms with Gasteiger partial charge in [-0.3, -0.25) is 4.68 Å². The molecule has 7 nitrogen and oxygen atoms in total. The summed E-state index contributed by atoms with van der Waals surface area (Å²) in [5.41, 5.74) is 0.941. The SMILES string of the molecule is CCc1noc([C@@H](C)Nc2cnn(C[C@H]3CCCO3)c2)n1. The molecule has 0 unspecified atom stereocenters. The van der Waals surface area contributed by atoms with Crippen LogP contribution in [0.1, 0.15) is 44.4 Å². The number of hydrogen-bond donors (Lipinski definition) is 1. The minimum Gasteiger partial charge on any atom is -0.376 e. The Morgan fingerprint density at radius 1 is 1.52 bits per heavy atom. The molecule has 0 radical (unpaired) electrons. The van der Waals surface area contributed by atoms with Crippen molar-refractivity contribution in [1.82, 2.24) is 19.9 Å². The summed E-state index contributed by atoms with van der Waals surface area (Å²) in [6.07, 6.45) is 7.11. The van der Waals surface area contributed by atoms with Gasteiger partial charge in [-0.2, -0.15) is 10.1 Å². The van der Waals surface area contributed by atoms with Crippen molar-refractivity contribution in [3.05, 3.63) is 24.1 Å². The highest BCUT2D eigenvalue weighted by molar-refractivity contribution is 5.39. The average molecular weight is 291 g/mol. The normalized spacial score (nSPS) is 19.8. The van der Waals surface area contributed by atoms with E-state index in [1.807, 2.05) is 30.9 Å². The Balaban J connectivity index is 1.58. The van der Waals surface area contributed by atoms with E-state index >= 15 is 0 Å². The Morgan fingerprint density at radius 3 is 3.14 bits per heavy atom. The second-order valence-corrected chi connectivity index (χ2v) is 5.35. The highest BCUT2D eigenvalue weighted by Crippen LogP contribution is 2.19. The Morgan fingerprint density at radius 2 is 2.43 bits per heavy atom. The number of aromatic nitrogens is 4. The van der Waals surface area contributed by atoms with Crippen molar-refractivity contribution in [1.29, 1.82) is 0 Å². The molecule has 0 amide bonds. The van der Waals surface area contributed by atoms with Gasteiger partial charge in [-0.25, -0.2) is 0 Å². The second kappa shape index (κ2) is 6.26. The van der Waals surface area contributed by atoms with E-state index in [0.717, 1.165) is 43.9 Å². The average Bonchev–Trinajstić information content (AvgIpc) is 3.20. The standard InChI is InChI=1S/C14H21N5O2/c1-3-13-17-14(21-18-13)10(2)16-11-7-15-19(8-11)9-12-5-4-6-20-12/h7-8,10,12,16H,3-6,9H2,1-2H3/t10-,12-/m1/s1. The molecule has 1 N–H and O–H groups in total. The number of rotatable bonds is 6. The molecule has 0 saturated carbocycles. The second-order valence-electron chi connectivity index (χ2n) is 5.35. The van der Waals surface area contributed by atoms with Crippen LogP contribution in [0, 0.1) is 0 Å². The van der Waals surface area contributed by atoms with Crippen LogP contribution in [0.4, 0.5) is 5.69 Å². The third-order valence-electron chi connectivity index (χ3n) is 3.60. The molecule has 2 aromatic heterocycles. The first-order valence-corrected chi connectivity index (χ1v) is 7.47. The summed E-state index contributed by atoms with van der Waals surface area (Å²) in [6.45, 7) is 5.66. The van der Waals surface area contributed by atoms with Gasteiger partial charge < -0.3 is 14.6 Å². The summed E-state index contributed by atoms with van der Waals surface area (Å²) < 4.78 is 12.8. The zero-order chi connectivity index (χ0) is 14.7. The minimum absolute atomic E-state index is 0.0434. The third-order valence-corrected chi connectivity index (χ3v) is 3.60. The van der Waals surface area contributed by atoms with E-state index in [9.17, 15) is 0 Å². The monoisotopic (exact) mass is 291 g/mol. The predicted octanol–water partition coefficient (Wildman–Crippen LogP) is 2.18. The number of nitrogens with zero attached hydrogens (tertiary/aromatic N) is 4. The molecular formula is C14H21N5O2. The van der Waals surface area contributed by atoms with Gasteiger partial charge in [-0.15, -0.1) is 0 Å². The number of ether oxygens (including phenoxy) is 1. The van der Waals surface area contributed by atoms with Crippen LogP contribution in [-0.4, -0.2) is 32.6 Å². The van der Waals surface area contributed by atoms with E-state index in [2.05, 4.69) is 20.6 Å². The molecule has 1 aliphatic rings. The fraction of sp³-hybridized carbons (Fsp3) is 0.643. The van der Waals surface area contributed by atoms with E-state index in [1.165, 1.54) is 0 Å². The van der Waals surface area contributed by atoms with E-state index in [4.69, 9.17) is 9.26 Å². The maximum Gasteiger partial charge on any atom is 0.248 e. The molecule has 0 aliphatic carbocycles. The highest BCUT2D eigenvalue weighted by Gasteiger charge is 2.17. The van der Waals surface area contributed by atoms with Gasteiger partial charge in [-0.1, -0.05) is 12.1 Å². The summed E-state index contributed by atoms with van der Waals surface area (Å²) in [5.74, 6) is 1.33. The molecule has 0 bridgehead atoms. The molecule has 21 heavy (non-hydrogen) atoms. The van der Waals surface area contributed by atoms with Gasteiger partial charge in [0.1, 0.15) is 6.04 Å². The number of anilines is 1. The molecule has 1 fully saturated rings. The molecule has 0 aromatic carbocycles. The molecular weight excluding hydrogens is 270 g/mol. The molecule has 114 valence electrons. The Labute approximate surface area is 123 Å². The quantitative estimate of drug-likeness (QED) is 0.879. The highest BCUT2D eigenvalue weighted by atomic mass is 16.5. The lowest BCUT2D eigenvalue weighted by Gasteiger charge is -2.09. The smallest absolute Gasteiger partial charge is 0.248 e. The van der Waals surface area contributed by atoms with Gasteiger partial charge in [0.2, 0.25) is 5.89 Å². The van der Waals surface area contributed by atoms with Crippen LogP contribution in [0.2, 0.25) is 0 Å². The Kier molecular flexibility index (Phi) is 4.19. The first kappa shape index (κ1) is 14.1. The molecule has 2 atom stereocenters. The third kappa shape index (κ3) is 3.41. The molecule has 3 rings (SSSR count). The molecule has 1 aliphatic heterocycles. The van der Waals surface area contributed by atoms with Crippen LogP contribution in [0.25, 0.3) is 0 Å². The van der Waals surface area contributed by atoms with E-state index < -0.39 is 0 Å². The van der Waals surface area contributed by atoms with Crippen LogP contribution in [0.5, 0.6) is 0 Å². The van der Waals surface area contributed by atoms with Crippen molar-refractivity contribution in [2.24, 2.45) is 0 Å². The van der Waals surface area contributed by atoms with Crippen molar-refractivity contribution < 1.29 is 9.26 Å². The van der Waals surface area contributed by atoms with Crippen molar-refractivity contribution in [3.63, 3.8) is 0 Å². The van der Waals surface area contributed by atoms with E-state index in [-0.39, 0.29) is 6.04 Å². The van der Waals surface area contributed by atoms with Crippen molar-refractivity contribution >= 4 is 5.69 Å². The van der Waals surface area contributed by atoms with Crippen LogP contribution in [0.15, 0.2) is 16.9 Å². The lowest BCUT2D eigenvalue weighted by atomic mass is 10.2. The zero-order valence-corrected chi connectivity index (χ0v) is 12.5. The number of nitrogens with one attached hydrogen (secondary N) is 1. The zero-order valence-electron chi connectivity index (χ0n) is 12.5. The molecule has 3 heterocycles. The lowest BCUT2D eigenvalue weighted by Crippen LogP contribution is -2.15. The topological polar surface area (TPSA) is 78.0 Å². The first-order chi connectivity index (χ1) is 10.2. The largest absolute Gasteiger partial charge is 0.376 e. The number of aryl methyl sites for hydroxylation is 1. The van der Waals surface area contributed by atoms with Gasteiger partial charge in [0.15, 0.2) is 5.82 Å². The van der Waals surface area contributed by atoms with Crippen LogP contribution in [0.3, 0.4) is 0 Å². The fourth-order valence-corrected chi connectivity index (χ4v) is 2.43. The predicted molar refractivity (Wildman–Crippen MR) is 76.9 cm³/mol. The molecule has 2 aromatic rings. The van der Waals surface area contributed by atoms with Crippen molar-refractivity contribution in [3.8, 4) is 0 Å². The lowest BCUT2D eigenvalue weighted by molar-refractivity contribution is 0.0940. The van der Waals surface area contributed by atoms with Gasteiger partial charge in [-0.05, 0) is 19.8 Å². The Hall–Kier alpha value is -1.89.